The lowest BCUT2D eigenvalue weighted by molar-refractivity contribution is -0.122. The van der Waals surface area contributed by atoms with Crippen LogP contribution in [0.2, 0.25) is 0 Å². The first-order chi connectivity index (χ1) is 13.5. The minimum atomic E-state index is -3.59. The van der Waals surface area contributed by atoms with Crippen molar-refractivity contribution in [1.82, 2.24) is 9.62 Å². The molecule has 0 bridgehead atoms. The van der Waals surface area contributed by atoms with E-state index < -0.39 is 10.0 Å². The van der Waals surface area contributed by atoms with Crippen LogP contribution in [0, 0.1) is 0 Å². The third kappa shape index (κ3) is 4.91. The Bertz CT molecular complexity index is 882. The number of hydrogen-bond acceptors (Lipinski definition) is 4. The number of nitrogens with zero attached hydrogens (tertiary/aromatic N) is 1. The quantitative estimate of drug-likeness (QED) is 0.773. The lowest BCUT2D eigenvalue weighted by Crippen LogP contribution is -2.45. The smallest absolute Gasteiger partial charge is 0.243 e. The van der Waals surface area contributed by atoms with Crippen LogP contribution in [0.4, 0.5) is 0 Å². The van der Waals surface area contributed by atoms with Crippen LogP contribution in [-0.4, -0.2) is 38.3 Å². The van der Waals surface area contributed by atoms with Gasteiger partial charge >= 0.3 is 0 Å². The van der Waals surface area contributed by atoms with Gasteiger partial charge in [-0.2, -0.15) is 4.31 Å². The maximum absolute atomic E-state index is 13.0. The van der Waals surface area contributed by atoms with Crippen molar-refractivity contribution < 1.29 is 17.9 Å². The molecular weight excluding hydrogens is 376 g/mol. The second kappa shape index (κ2) is 9.21. The molecule has 1 saturated heterocycles. The van der Waals surface area contributed by atoms with E-state index in [0.717, 1.165) is 24.2 Å². The molecule has 6 nitrogen and oxygen atoms in total. The van der Waals surface area contributed by atoms with Gasteiger partial charge in [0.15, 0.2) is 0 Å². The zero-order valence-corrected chi connectivity index (χ0v) is 16.8. The molecule has 7 heteroatoms. The highest BCUT2D eigenvalue weighted by molar-refractivity contribution is 7.89. The summed E-state index contributed by atoms with van der Waals surface area (Å²) in [7, 11) is -1.98. The van der Waals surface area contributed by atoms with E-state index in [1.807, 2.05) is 24.3 Å². The molecule has 150 valence electrons. The van der Waals surface area contributed by atoms with E-state index in [0.29, 0.717) is 19.5 Å². The maximum Gasteiger partial charge on any atom is 0.243 e. The van der Waals surface area contributed by atoms with E-state index in [4.69, 9.17) is 4.74 Å². The number of benzene rings is 2. The molecule has 0 aromatic heterocycles. The van der Waals surface area contributed by atoms with E-state index in [9.17, 15) is 13.2 Å². The molecule has 2 aromatic rings. The number of hydrogen-bond donors (Lipinski definition) is 1. The Morgan fingerprint density at radius 2 is 1.82 bits per heavy atom. The highest BCUT2D eigenvalue weighted by atomic mass is 32.2. The highest BCUT2D eigenvalue weighted by Gasteiger charge is 2.34. The minimum Gasteiger partial charge on any atom is -0.497 e. The summed E-state index contributed by atoms with van der Waals surface area (Å²) in [5.41, 5.74) is 0.964. The standard InChI is InChI=1S/C21H26N2O4S/c1-27-19-12-10-17(11-13-19)16-22-21(24)15-18-7-5-6-14-23(18)28(25,26)20-8-3-2-4-9-20/h2-4,8-13,18H,5-7,14-16H2,1H3,(H,22,24). The first kappa shape index (κ1) is 20.4. The van der Waals surface area contributed by atoms with Crippen LogP contribution >= 0.6 is 0 Å². The van der Waals surface area contributed by atoms with Crippen molar-refractivity contribution >= 4 is 15.9 Å². The van der Waals surface area contributed by atoms with Gasteiger partial charge in [0, 0.05) is 25.6 Å². The number of methoxy groups -OCH3 is 1. The molecular formula is C21H26N2O4S. The van der Waals surface area contributed by atoms with Gasteiger partial charge in [0.1, 0.15) is 5.75 Å². The molecule has 1 unspecified atom stereocenters. The van der Waals surface area contributed by atoms with E-state index in [-0.39, 0.29) is 23.3 Å². The topological polar surface area (TPSA) is 75.7 Å². The Kier molecular flexibility index (Phi) is 6.70. The summed E-state index contributed by atoms with van der Waals surface area (Å²) >= 11 is 0. The van der Waals surface area contributed by atoms with Gasteiger partial charge in [-0.05, 0) is 42.7 Å². The highest BCUT2D eigenvalue weighted by Crippen LogP contribution is 2.27. The van der Waals surface area contributed by atoms with Gasteiger partial charge in [-0.3, -0.25) is 4.79 Å². The van der Waals surface area contributed by atoms with Crippen LogP contribution in [-0.2, 0) is 21.4 Å². The summed E-state index contributed by atoms with van der Waals surface area (Å²) in [5, 5.41) is 2.89. The van der Waals surface area contributed by atoms with Crippen LogP contribution in [0.1, 0.15) is 31.2 Å². The van der Waals surface area contributed by atoms with Crippen molar-refractivity contribution in [3.63, 3.8) is 0 Å². The number of piperidine rings is 1. The molecule has 1 atom stereocenters. The molecule has 1 fully saturated rings. The van der Waals surface area contributed by atoms with Crippen LogP contribution in [0.3, 0.4) is 0 Å². The van der Waals surface area contributed by atoms with E-state index in [1.165, 1.54) is 4.31 Å². The number of amides is 1. The fourth-order valence-electron chi connectivity index (χ4n) is 3.45. The van der Waals surface area contributed by atoms with Crippen molar-refractivity contribution in [1.29, 1.82) is 0 Å². The molecule has 1 heterocycles. The first-order valence-electron chi connectivity index (χ1n) is 9.47. The number of nitrogens with one attached hydrogen (secondary N) is 1. The minimum absolute atomic E-state index is 0.143. The third-order valence-corrected chi connectivity index (χ3v) is 6.96. The van der Waals surface area contributed by atoms with Gasteiger partial charge in [-0.25, -0.2) is 8.42 Å². The van der Waals surface area contributed by atoms with Crippen LogP contribution < -0.4 is 10.1 Å². The average molecular weight is 403 g/mol. The van der Waals surface area contributed by atoms with Crippen LogP contribution in [0.5, 0.6) is 5.75 Å². The van der Waals surface area contributed by atoms with Gasteiger partial charge < -0.3 is 10.1 Å². The summed E-state index contributed by atoms with van der Waals surface area (Å²) in [5.74, 6) is 0.620. The second-order valence-electron chi connectivity index (χ2n) is 6.91. The van der Waals surface area contributed by atoms with E-state index in [2.05, 4.69) is 5.32 Å². The van der Waals surface area contributed by atoms with Crippen molar-refractivity contribution in [3.8, 4) is 5.75 Å². The Morgan fingerprint density at radius 1 is 1.11 bits per heavy atom. The number of carbonyl (C=O) groups excluding carboxylic acids is 1. The normalized spacial score (nSPS) is 17.8. The molecule has 0 spiro atoms. The summed E-state index contributed by atoms with van der Waals surface area (Å²) in [4.78, 5) is 12.7. The molecule has 0 radical (unpaired) electrons. The molecule has 1 N–H and O–H groups in total. The van der Waals surface area contributed by atoms with Crippen molar-refractivity contribution in [2.24, 2.45) is 0 Å². The zero-order chi connectivity index (χ0) is 20.0. The van der Waals surface area contributed by atoms with Crippen LogP contribution in [0.25, 0.3) is 0 Å². The van der Waals surface area contributed by atoms with Crippen molar-refractivity contribution in [2.75, 3.05) is 13.7 Å². The van der Waals surface area contributed by atoms with E-state index in [1.54, 1.807) is 37.4 Å². The monoisotopic (exact) mass is 402 g/mol. The maximum atomic E-state index is 13.0. The van der Waals surface area contributed by atoms with Crippen molar-refractivity contribution in [2.45, 2.75) is 43.2 Å². The lowest BCUT2D eigenvalue weighted by atomic mass is 10.0. The average Bonchev–Trinajstić information content (AvgIpc) is 2.73. The first-order valence-corrected chi connectivity index (χ1v) is 10.9. The number of ether oxygens (including phenoxy) is 1. The lowest BCUT2D eigenvalue weighted by Gasteiger charge is -2.34. The Morgan fingerprint density at radius 3 is 2.50 bits per heavy atom. The fourth-order valence-corrected chi connectivity index (χ4v) is 5.17. The van der Waals surface area contributed by atoms with E-state index >= 15 is 0 Å². The van der Waals surface area contributed by atoms with Gasteiger partial charge in [-0.15, -0.1) is 0 Å². The van der Waals surface area contributed by atoms with Gasteiger partial charge in [-0.1, -0.05) is 36.8 Å². The molecule has 1 aliphatic heterocycles. The summed E-state index contributed by atoms with van der Waals surface area (Å²) in [6, 6.07) is 15.6. The van der Waals surface area contributed by atoms with Crippen molar-refractivity contribution in [3.05, 3.63) is 60.2 Å². The molecule has 0 aliphatic carbocycles. The summed E-state index contributed by atoms with van der Waals surface area (Å²) in [6.07, 6.45) is 2.61. The molecule has 0 saturated carbocycles. The SMILES string of the molecule is COc1ccc(CNC(=O)CC2CCCCN2S(=O)(=O)c2ccccc2)cc1. The van der Waals surface area contributed by atoms with Crippen LogP contribution in [0.15, 0.2) is 59.5 Å². The predicted molar refractivity (Wildman–Crippen MR) is 107 cm³/mol. The van der Waals surface area contributed by atoms with Gasteiger partial charge in [0.05, 0.1) is 12.0 Å². The van der Waals surface area contributed by atoms with Gasteiger partial charge in [0.25, 0.3) is 0 Å². The van der Waals surface area contributed by atoms with Gasteiger partial charge in [0.2, 0.25) is 15.9 Å². The number of carbonyl (C=O) groups is 1. The molecule has 3 rings (SSSR count). The second-order valence-corrected chi connectivity index (χ2v) is 8.80. The fraction of sp³-hybridized carbons (Fsp3) is 0.381. The third-order valence-electron chi connectivity index (χ3n) is 4.99. The number of sulfonamides is 1. The largest absolute Gasteiger partial charge is 0.497 e. The number of rotatable bonds is 7. The Labute approximate surface area is 166 Å². The molecule has 1 aliphatic rings. The molecule has 28 heavy (non-hydrogen) atoms. The molecule has 1 amide bonds. The zero-order valence-electron chi connectivity index (χ0n) is 16.0. The summed E-state index contributed by atoms with van der Waals surface area (Å²) in [6.45, 7) is 0.856. The Hall–Kier alpha value is -2.38. The predicted octanol–water partition coefficient (Wildman–Crippen LogP) is 2.94. The molecule has 2 aromatic carbocycles. The Balaban J connectivity index is 1.63. The summed E-state index contributed by atoms with van der Waals surface area (Å²) < 4.78 is 32.6.